The van der Waals surface area contributed by atoms with Crippen LogP contribution in [0.4, 0.5) is 0 Å². The maximum Gasteiger partial charge on any atom is 0.340 e. The van der Waals surface area contributed by atoms with Gasteiger partial charge < -0.3 is 9.29 Å². The van der Waals surface area contributed by atoms with E-state index in [4.69, 9.17) is 20.9 Å². The molecule has 2 aromatic carbocycles. The van der Waals surface area contributed by atoms with Crippen LogP contribution in [0.2, 0.25) is 5.02 Å². The fourth-order valence-corrected chi connectivity index (χ4v) is 2.75. The Bertz CT molecular complexity index is 650. The average Bonchev–Trinajstić information content (AvgIpc) is 2.32. The Hall–Kier alpha value is -1.72. The molecule has 0 atom stereocenters. The second-order valence-electron chi connectivity index (χ2n) is 3.46. The molecule has 0 amide bonds. The smallest absolute Gasteiger partial charge is 0.340 e. The van der Waals surface area contributed by atoms with Gasteiger partial charge in [-0.3, -0.25) is 0 Å². The lowest BCUT2D eigenvalue weighted by molar-refractivity contribution is 0.468. The van der Waals surface area contributed by atoms with Gasteiger partial charge >= 0.3 is 10.1 Å². The molecule has 0 aliphatic carbocycles. The molecule has 0 spiro atoms. The Morgan fingerprint density at radius 3 is 2.22 bits per heavy atom. The molecule has 2 aromatic rings. The Balaban J connectivity index is 2.33. The van der Waals surface area contributed by atoms with Gasteiger partial charge in [0.25, 0.3) is 0 Å². The van der Waals surface area contributed by atoms with E-state index in [9.17, 15) is 8.42 Å². The summed E-state index contributed by atoms with van der Waals surface area (Å²) in [5.74, 6) is 0.130. The maximum atomic E-state index is 11.9. The quantitative estimate of drug-likeness (QED) is 0.880. The number of hydrogen-bond donors (Lipinski definition) is 1. The first-order valence-electron chi connectivity index (χ1n) is 4.97. The van der Waals surface area contributed by atoms with Gasteiger partial charge in [0.1, 0.15) is 16.4 Å². The number of phenolic OH excluding ortho intramolecular Hbond substituents is 1. The summed E-state index contributed by atoms with van der Waals surface area (Å²) in [5, 5.41) is 9.18. The Morgan fingerprint density at radius 1 is 1.00 bits per heavy atom. The highest BCUT2D eigenvalue weighted by atomic mass is 35.5. The number of halogens is 1. The molecule has 94 valence electrons. The van der Waals surface area contributed by atoms with Crippen molar-refractivity contribution in [2.45, 2.75) is 4.90 Å². The van der Waals surface area contributed by atoms with Gasteiger partial charge in [0.2, 0.25) is 0 Å². The molecule has 0 bridgehead atoms. The van der Waals surface area contributed by atoms with E-state index in [0.29, 0.717) is 0 Å². The SMILES string of the molecule is O=S(=O)(Oc1ccc(O)cc1)c1ccccc1Cl. The van der Waals surface area contributed by atoms with Crippen LogP contribution >= 0.6 is 11.6 Å². The van der Waals surface area contributed by atoms with Gasteiger partial charge in [0, 0.05) is 0 Å². The number of aromatic hydroxyl groups is 1. The Morgan fingerprint density at radius 2 is 1.61 bits per heavy atom. The molecule has 0 saturated heterocycles. The summed E-state index contributed by atoms with van der Waals surface area (Å²) in [6.45, 7) is 0. The number of hydrogen-bond acceptors (Lipinski definition) is 4. The molecule has 2 rings (SSSR count). The minimum Gasteiger partial charge on any atom is -0.508 e. The molecular formula is C12H9ClO4S. The van der Waals surface area contributed by atoms with E-state index >= 15 is 0 Å². The number of phenols is 1. The predicted molar refractivity (Wildman–Crippen MR) is 67.4 cm³/mol. The molecule has 0 aliphatic heterocycles. The van der Waals surface area contributed by atoms with E-state index in [-0.39, 0.29) is 21.4 Å². The van der Waals surface area contributed by atoms with Crippen LogP contribution in [0.1, 0.15) is 0 Å². The van der Waals surface area contributed by atoms with Crippen LogP contribution < -0.4 is 4.18 Å². The van der Waals surface area contributed by atoms with Gasteiger partial charge in [-0.05, 0) is 36.4 Å². The Kier molecular flexibility index (Phi) is 3.45. The highest BCUT2D eigenvalue weighted by Gasteiger charge is 2.19. The highest BCUT2D eigenvalue weighted by Crippen LogP contribution is 2.25. The average molecular weight is 285 g/mol. The largest absolute Gasteiger partial charge is 0.508 e. The predicted octanol–water partition coefficient (Wildman–Crippen LogP) is 2.81. The zero-order chi connectivity index (χ0) is 13.2. The van der Waals surface area contributed by atoms with E-state index in [1.807, 2.05) is 0 Å². The summed E-state index contributed by atoms with van der Waals surface area (Å²) in [4.78, 5) is -0.0975. The second-order valence-corrected chi connectivity index (χ2v) is 5.38. The standard InChI is InChI=1S/C12H9ClO4S/c13-11-3-1-2-4-12(11)18(15,16)17-10-7-5-9(14)6-8-10/h1-8,14H. The van der Waals surface area contributed by atoms with Gasteiger partial charge in [0.05, 0.1) is 5.02 Å². The van der Waals surface area contributed by atoms with Gasteiger partial charge in [0.15, 0.2) is 0 Å². The van der Waals surface area contributed by atoms with E-state index < -0.39 is 10.1 Å². The van der Waals surface area contributed by atoms with Crippen molar-refractivity contribution in [3.05, 3.63) is 53.6 Å². The second kappa shape index (κ2) is 4.88. The van der Waals surface area contributed by atoms with Crippen LogP contribution in [0, 0.1) is 0 Å². The minimum absolute atomic E-state index is 0.0255. The summed E-state index contributed by atoms with van der Waals surface area (Å²) in [6, 6.07) is 11.4. The van der Waals surface area contributed by atoms with Crippen molar-refractivity contribution in [2.75, 3.05) is 0 Å². The summed E-state index contributed by atoms with van der Waals surface area (Å²) in [7, 11) is -3.97. The van der Waals surface area contributed by atoms with Crippen molar-refractivity contribution in [3.63, 3.8) is 0 Å². The fourth-order valence-electron chi connectivity index (χ4n) is 1.32. The molecule has 0 radical (unpaired) electrons. The first-order chi connectivity index (χ1) is 8.49. The molecule has 1 N–H and O–H groups in total. The zero-order valence-corrected chi connectivity index (χ0v) is 10.6. The van der Waals surface area contributed by atoms with Crippen LogP contribution in [0.5, 0.6) is 11.5 Å². The lowest BCUT2D eigenvalue weighted by Crippen LogP contribution is -2.10. The van der Waals surface area contributed by atoms with E-state index in [0.717, 1.165) is 0 Å². The molecule has 0 aliphatic rings. The van der Waals surface area contributed by atoms with Crippen LogP contribution in [-0.2, 0) is 10.1 Å². The zero-order valence-electron chi connectivity index (χ0n) is 9.08. The van der Waals surface area contributed by atoms with Crippen molar-refractivity contribution >= 4 is 21.7 Å². The van der Waals surface area contributed by atoms with Crippen LogP contribution in [-0.4, -0.2) is 13.5 Å². The minimum atomic E-state index is -3.97. The van der Waals surface area contributed by atoms with Crippen molar-refractivity contribution in [2.24, 2.45) is 0 Å². The van der Waals surface area contributed by atoms with Crippen LogP contribution in [0.15, 0.2) is 53.4 Å². The molecule has 0 aromatic heterocycles. The molecule has 18 heavy (non-hydrogen) atoms. The van der Waals surface area contributed by atoms with Crippen LogP contribution in [0.25, 0.3) is 0 Å². The maximum absolute atomic E-state index is 11.9. The molecular weight excluding hydrogens is 276 g/mol. The fraction of sp³-hybridized carbons (Fsp3) is 0. The first-order valence-corrected chi connectivity index (χ1v) is 6.76. The van der Waals surface area contributed by atoms with E-state index in [1.165, 1.54) is 36.4 Å². The summed E-state index contributed by atoms with van der Waals surface area (Å²) in [5.41, 5.74) is 0. The van der Waals surface area contributed by atoms with Crippen molar-refractivity contribution in [1.29, 1.82) is 0 Å². The summed E-state index contributed by atoms with van der Waals surface area (Å²) >= 11 is 5.80. The number of benzene rings is 2. The lowest BCUT2D eigenvalue weighted by atomic mass is 10.3. The van der Waals surface area contributed by atoms with Crippen molar-refractivity contribution in [1.82, 2.24) is 0 Å². The van der Waals surface area contributed by atoms with Gasteiger partial charge in [-0.15, -0.1) is 0 Å². The third kappa shape index (κ3) is 2.75. The first kappa shape index (κ1) is 12.7. The monoisotopic (exact) mass is 284 g/mol. The van der Waals surface area contributed by atoms with E-state index in [1.54, 1.807) is 12.1 Å². The normalized spacial score (nSPS) is 11.2. The van der Waals surface area contributed by atoms with Gasteiger partial charge in [-0.25, -0.2) is 0 Å². The molecule has 0 heterocycles. The van der Waals surface area contributed by atoms with Gasteiger partial charge in [-0.1, -0.05) is 23.7 Å². The summed E-state index contributed by atoms with van der Waals surface area (Å²) < 4.78 is 28.8. The van der Waals surface area contributed by atoms with Crippen LogP contribution in [0.3, 0.4) is 0 Å². The molecule has 0 fully saturated rings. The molecule has 4 nitrogen and oxygen atoms in total. The number of rotatable bonds is 3. The van der Waals surface area contributed by atoms with Crippen molar-refractivity contribution < 1.29 is 17.7 Å². The Labute approximate surface area is 110 Å². The van der Waals surface area contributed by atoms with Crippen molar-refractivity contribution in [3.8, 4) is 11.5 Å². The lowest BCUT2D eigenvalue weighted by Gasteiger charge is -2.08. The molecule has 6 heteroatoms. The third-order valence-corrected chi connectivity index (χ3v) is 3.90. The highest BCUT2D eigenvalue weighted by molar-refractivity contribution is 7.87. The van der Waals surface area contributed by atoms with E-state index in [2.05, 4.69) is 0 Å². The molecule has 0 saturated carbocycles. The van der Waals surface area contributed by atoms with Gasteiger partial charge in [-0.2, -0.15) is 8.42 Å². The third-order valence-electron chi connectivity index (χ3n) is 2.15. The topological polar surface area (TPSA) is 63.6 Å². The summed E-state index contributed by atoms with van der Waals surface area (Å²) in [6.07, 6.45) is 0. The molecule has 0 unspecified atom stereocenters.